The Hall–Kier alpha value is -4.64. The number of nitrogens with zero attached hydrogens (tertiary/aromatic N) is 2. The summed E-state index contributed by atoms with van der Waals surface area (Å²) >= 11 is 1.12. The zero-order valence-electron chi connectivity index (χ0n) is 20.1. The normalized spacial score (nSPS) is 15.6. The van der Waals surface area contributed by atoms with Gasteiger partial charge in [-0.2, -0.15) is 0 Å². The fourth-order valence-electron chi connectivity index (χ4n) is 4.32. The fraction of sp³-hybridized carbons (Fsp3) is 0.107. The van der Waals surface area contributed by atoms with Crippen molar-refractivity contribution in [3.05, 3.63) is 106 Å². The molecule has 1 atom stereocenters. The van der Waals surface area contributed by atoms with Gasteiger partial charge in [-0.3, -0.25) is 14.5 Å². The van der Waals surface area contributed by atoms with Gasteiger partial charge in [0, 0.05) is 11.3 Å². The van der Waals surface area contributed by atoms with Crippen molar-refractivity contribution in [3.8, 4) is 22.1 Å². The number of carbonyl (C=O) groups is 2. The predicted molar refractivity (Wildman–Crippen MR) is 138 cm³/mol. The summed E-state index contributed by atoms with van der Waals surface area (Å²) in [6.07, 6.45) is -4.90. The van der Waals surface area contributed by atoms with Gasteiger partial charge < -0.3 is 14.9 Å². The molecule has 1 aromatic heterocycles. The SMILES string of the molecule is Cc1nc(-c2ccccc2)sc1C(=O)C1=C(O)C(=O)N(c2ccc(OC(F)(F)F)cc2)C1c1ccc(O)cc1. The van der Waals surface area contributed by atoms with Crippen molar-refractivity contribution in [1.82, 2.24) is 4.98 Å². The van der Waals surface area contributed by atoms with E-state index in [9.17, 15) is 33.0 Å². The Kier molecular flexibility index (Phi) is 6.61. The van der Waals surface area contributed by atoms with Gasteiger partial charge in [0.25, 0.3) is 5.91 Å². The lowest BCUT2D eigenvalue weighted by molar-refractivity contribution is -0.274. The number of phenolic OH excluding ortho intramolecular Hbond substituents is 1. The number of aromatic nitrogens is 1. The maximum Gasteiger partial charge on any atom is 0.573 e. The Morgan fingerprint density at radius 1 is 0.974 bits per heavy atom. The number of aryl methyl sites for hydroxylation is 1. The monoisotopic (exact) mass is 552 g/mol. The minimum atomic E-state index is -4.90. The number of aliphatic hydroxyl groups excluding tert-OH is 1. The number of phenols is 1. The summed E-state index contributed by atoms with van der Waals surface area (Å²) in [6.45, 7) is 1.65. The maximum absolute atomic E-state index is 13.9. The van der Waals surface area contributed by atoms with E-state index in [0.29, 0.717) is 16.3 Å². The van der Waals surface area contributed by atoms with Crippen molar-refractivity contribution in [3.63, 3.8) is 0 Å². The van der Waals surface area contributed by atoms with E-state index < -0.39 is 35.6 Å². The number of hydrogen-bond donors (Lipinski definition) is 2. The molecule has 5 rings (SSSR count). The van der Waals surface area contributed by atoms with Crippen LogP contribution in [0.15, 0.2) is 90.2 Å². The van der Waals surface area contributed by atoms with E-state index in [1.165, 1.54) is 36.4 Å². The lowest BCUT2D eigenvalue weighted by Gasteiger charge is -2.27. The molecule has 4 aromatic rings. The maximum atomic E-state index is 13.9. The van der Waals surface area contributed by atoms with E-state index in [4.69, 9.17) is 0 Å². The number of anilines is 1. The smallest absolute Gasteiger partial charge is 0.508 e. The summed E-state index contributed by atoms with van der Waals surface area (Å²) in [5.74, 6) is -2.87. The summed E-state index contributed by atoms with van der Waals surface area (Å²) in [6, 6.07) is 18.3. The standard InChI is InChI=1S/C28H19F3N2O5S/c1-15-25(39-26(32-15)17-5-3-2-4-6-17)23(35)21-22(16-7-11-19(34)12-8-16)33(27(37)24(21)36)18-9-13-20(14-10-18)38-28(29,30)31/h2-14,22,34,36H,1H3. The third kappa shape index (κ3) is 5.08. The number of aliphatic hydroxyl groups is 1. The number of halogens is 3. The van der Waals surface area contributed by atoms with Gasteiger partial charge in [-0.25, -0.2) is 4.98 Å². The van der Waals surface area contributed by atoms with Gasteiger partial charge in [-0.05, 0) is 48.9 Å². The third-order valence-electron chi connectivity index (χ3n) is 6.03. The molecule has 2 heterocycles. The second-order valence-electron chi connectivity index (χ2n) is 8.60. The van der Waals surface area contributed by atoms with Gasteiger partial charge in [0.1, 0.15) is 16.5 Å². The molecule has 1 amide bonds. The minimum absolute atomic E-state index is 0.0600. The number of amides is 1. The Balaban J connectivity index is 1.58. The molecule has 0 fully saturated rings. The summed E-state index contributed by atoms with van der Waals surface area (Å²) < 4.78 is 41.8. The zero-order chi connectivity index (χ0) is 27.9. The highest BCUT2D eigenvalue weighted by molar-refractivity contribution is 7.17. The average Bonchev–Trinajstić information content (AvgIpc) is 3.42. The molecule has 2 N–H and O–H groups in total. The van der Waals surface area contributed by atoms with E-state index in [2.05, 4.69) is 9.72 Å². The first kappa shape index (κ1) is 26.0. The molecule has 1 unspecified atom stereocenters. The van der Waals surface area contributed by atoms with Crippen molar-refractivity contribution in [1.29, 1.82) is 0 Å². The quantitative estimate of drug-likeness (QED) is 0.265. The van der Waals surface area contributed by atoms with E-state index >= 15 is 0 Å². The molecule has 198 valence electrons. The van der Waals surface area contributed by atoms with Crippen LogP contribution in [0.1, 0.15) is 27.0 Å². The molecular formula is C28H19F3N2O5S. The first-order valence-corrected chi connectivity index (χ1v) is 12.3. The van der Waals surface area contributed by atoms with Crippen LogP contribution in [0.5, 0.6) is 11.5 Å². The Labute approximate surface area is 224 Å². The Morgan fingerprint density at radius 2 is 1.62 bits per heavy atom. The van der Waals surface area contributed by atoms with Gasteiger partial charge in [0.2, 0.25) is 5.78 Å². The molecule has 0 radical (unpaired) electrons. The average molecular weight is 553 g/mol. The van der Waals surface area contributed by atoms with Gasteiger partial charge in [0.05, 0.1) is 22.2 Å². The number of thiazole rings is 1. The molecule has 11 heteroatoms. The molecule has 0 saturated heterocycles. The minimum Gasteiger partial charge on any atom is -0.508 e. The van der Waals surface area contributed by atoms with Crippen molar-refractivity contribution in [2.45, 2.75) is 19.3 Å². The van der Waals surface area contributed by atoms with Crippen LogP contribution in [0, 0.1) is 6.92 Å². The predicted octanol–water partition coefficient (Wildman–Crippen LogP) is 6.51. The first-order valence-electron chi connectivity index (χ1n) is 11.5. The van der Waals surface area contributed by atoms with Crippen molar-refractivity contribution in [2.24, 2.45) is 0 Å². The summed E-state index contributed by atoms with van der Waals surface area (Å²) in [7, 11) is 0. The summed E-state index contributed by atoms with van der Waals surface area (Å²) in [5.41, 5.74) is 1.49. The molecule has 0 bridgehead atoms. The van der Waals surface area contributed by atoms with Crippen LogP contribution in [0.3, 0.4) is 0 Å². The topological polar surface area (TPSA) is 100.0 Å². The molecule has 7 nitrogen and oxygen atoms in total. The third-order valence-corrected chi connectivity index (χ3v) is 7.24. The number of benzene rings is 3. The number of ether oxygens (including phenoxy) is 1. The molecule has 1 aliphatic heterocycles. The lowest BCUT2D eigenvalue weighted by atomic mass is 9.94. The number of carbonyl (C=O) groups excluding carboxylic acids is 2. The molecule has 39 heavy (non-hydrogen) atoms. The van der Waals surface area contributed by atoms with E-state index in [-0.39, 0.29) is 21.9 Å². The van der Waals surface area contributed by atoms with E-state index in [0.717, 1.165) is 33.9 Å². The van der Waals surface area contributed by atoms with Crippen LogP contribution < -0.4 is 9.64 Å². The highest BCUT2D eigenvalue weighted by Crippen LogP contribution is 2.44. The van der Waals surface area contributed by atoms with Gasteiger partial charge in [-0.15, -0.1) is 24.5 Å². The van der Waals surface area contributed by atoms with E-state index in [1.54, 1.807) is 6.92 Å². The summed E-state index contributed by atoms with van der Waals surface area (Å²) in [5, 5.41) is 21.3. The first-order chi connectivity index (χ1) is 18.5. The lowest BCUT2D eigenvalue weighted by Crippen LogP contribution is -2.31. The van der Waals surface area contributed by atoms with Crippen LogP contribution in [0.25, 0.3) is 10.6 Å². The van der Waals surface area contributed by atoms with Crippen LogP contribution in [-0.4, -0.2) is 33.2 Å². The highest BCUT2D eigenvalue weighted by atomic mass is 32.1. The number of hydrogen-bond acceptors (Lipinski definition) is 7. The van der Waals surface area contributed by atoms with Crippen molar-refractivity contribution in [2.75, 3.05) is 4.90 Å². The number of aromatic hydroxyl groups is 1. The van der Waals surface area contributed by atoms with E-state index in [1.807, 2.05) is 30.3 Å². The van der Waals surface area contributed by atoms with Crippen LogP contribution in [0.2, 0.25) is 0 Å². The number of alkyl halides is 3. The highest BCUT2D eigenvalue weighted by Gasteiger charge is 2.45. The molecule has 3 aromatic carbocycles. The van der Waals surface area contributed by atoms with Crippen molar-refractivity contribution < 1.29 is 37.7 Å². The van der Waals surface area contributed by atoms with Gasteiger partial charge in [0.15, 0.2) is 5.76 Å². The Morgan fingerprint density at radius 3 is 2.23 bits per heavy atom. The van der Waals surface area contributed by atoms with Crippen molar-refractivity contribution >= 4 is 28.7 Å². The molecule has 1 aliphatic rings. The summed E-state index contributed by atoms with van der Waals surface area (Å²) in [4.78, 5) is 33.0. The van der Waals surface area contributed by atoms with Crippen LogP contribution >= 0.6 is 11.3 Å². The van der Waals surface area contributed by atoms with Gasteiger partial charge in [-0.1, -0.05) is 42.5 Å². The molecule has 0 saturated carbocycles. The number of ketones is 1. The Bertz CT molecular complexity index is 1580. The number of rotatable bonds is 6. The second-order valence-corrected chi connectivity index (χ2v) is 9.60. The largest absolute Gasteiger partial charge is 0.573 e. The molecular weight excluding hydrogens is 533 g/mol. The van der Waals surface area contributed by atoms with Crippen LogP contribution in [-0.2, 0) is 4.79 Å². The molecule has 0 aliphatic carbocycles. The van der Waals surface area contributed by atoms with Crippen LogP contribution in [0.4, 0.5) is 18.9 Å². The second kappa shape index (κ2) is 9.91. The van der Waals surface area contributed by atoms with Gasteiger partial charge >= 0.3 is 6.36 Å². The zero-order valence-corrected chi connectivity index (χ0v) is 21.0. The number of Topliss-reactive ketones (excluding diaryl/α,β-unsaturated/α-hetero) is 1. The molecule has 0 spiro atoms. The fourth-order valence-corrected chi connectivity index (χ4v) is 5.34.